The number of para-hydroxylation sites is 1. The molecule has 26 heavy (non-hydrogen) atoms. The number of hydrogen-bond donors (Lipinski definition) is 0. The SMILES string of the molecule is Cc1ccc2c(Cl)c(C(=O)N(CCCN(C)C)c3ccccc3)sc2c1. The zero-order chi connectivity index (χ0) is 18.7. The van der Waals surface area contributed by atoms with E-state index in [4.69, 9.17) is 11.6 Å². The van der Waals surface area contributed by atoms with Crippen LogP contribution in [0.1, 0.15) is 21.7 Å². The van der Waals surface area contributed by atoms with Crippen LogP contribution in [0.4, 0.5) is 5.69 Å². The maximum absolute atomic E-state index is 13.3. The van der Waals surface area contributed by atoms with Crippen LogP contribution in [-0.4, -0.2) is 38.0 Å². The molecule has 0 aliphatic carbocycles. The predicted octanol–water partition coefficient (Wildman–Crippen LogP) is 5.46. The normalized spacial score (nSPS) is 11.3. The molecule has 0 N–H and O–H groups in total. The zero-order valence-corrected chi connectivity index (χ0v) is 16.9. The molecule has 0 bridgehead atoms. The summed E-state index contributed by atoms with van der Waals surface area (Å²) in [6.07, 6.45) is 0.898. The largest absolute Gasteiger partial charge is 0.309 e. The van der Waals surface area contributed by atoms with Gasteiger partial charge in [0, 0.05) is 22.3 Å². The average molecular weight is 387 g/mol. The van der Waals surface area contributed by atoms with E-state index < -0.39 is 0 Å². The van der Waals surface area contributed by atoms with Gasteiger partial charge < -0.3 is 9.80 Å². The number of halogens is 1. The molecule has 3 aromatic rings. The van der Waals surface area contributed by atoms with E-state index in [0.29, 0.717) is 16.4 Å². The third-order valence-corrected chi connectivity index (χ3v) is 5.92. The molecule has 1 aromatic heterocycles. The molecule has 3 rings (SSSR count). The minimum atomic E-state index is -0.0289. The molecule has 0 aliphatic rings. The molecule has 3 nitrogen and oxygen atoms in total. The number of thiophene rings is 1. The Balaban J connectivity index is 1.95. The fourth-order valence-electron chi connectivity index (χ4n) is 2.93. The number of amides is 1. The van der Waals surface area contributed by atoms with Crippen LogP contribution in [0.15, 0.2) is 48.5 Å². The minimum Gasteiger partial charge on any atom is -0.309 e. The standard InChI is InChI=1S/C21H23ClN2OS/c1-15-10-11-17-18(14-15)26-20(19(17)22)21(25)24(13-7-12-23(2)3)16-8-5-4-6-9-16/h4-6,8-11,14H,7,12-13H2,1-3H3. The molecule has 0 spiro atoms. The van der Waals surface area contributed by atoms with Crippen LogP contribution in [0.25, 0.3) is 10.1 Å². The summed E-state index contributed by atoms with van der Waals surface area (Å²) in [6.45, 7) is 3.63. The van der Waals surface area contributed by atoms with Crippen molar-refractivity contribution in [3.8, 4) is 0 Å². The van der Waals surface area contributed by atoms with Crippen molar-refractivity contribution in [3.05, 3.63) is 64.0 Å². The van der Waals surface area contributed by atoms with Crippen molar-refractivity contribution in [1.29, 1.82) is 0 Å². The maximum atomic E-state index is 13.3. The van der Waals surface area contributed by atoms with E-state index in [2.05, 4.69) is 11.0 Å². The predicted molar refractivity (Wildman–Crippen MR) is 113 cm³/mol. The van der Waals surface area contributed by atoms with Gasteiger partial charge in [-0.25, -0.2) is 0 Å². The molecule has 0 fully saturated rings. The molecule has 0 saturated heterocycles. The highest BCUT2D eigenvalue weighted by Crippen LogP contribution is 2.37. The van der Waals surface area contributed by atoms with Crippen molar-refractivity contribution in [2.24, 2.45) is 0 Å². The topological polar surface area (TPSA) is 23.6 Å². The molecule has 2 aromatic carbocycles. The third-order valence-electron chi connectivity index (χ3n) is 4.28. The first-order chi connectivity index (χ1) is 12.5. The van der Waals surface area contributed by atoms with Crippen LogP contribution in [0, 0.1) is 6.92 Å². The van der Waals surface area contributed by atoms with Gasteiger partial charge in [0.15, 0.2) is 0 Å². The van der Waals surface area contributed by atoms with Crippen molar-refractivity contribution in [3.63, 3.8) is 0 Å². The summed E-state index contributed by atoms with van der Waals surface area (Å²) in [5.41, 5.74) is 2.07. The van der Waals surface area contributed by atoms with E-state index in [1.165, 1.54) is 16.9 Å². The van der Waals surface area contributed by atoms with Crippen molar-refractivity contribution < 1.29 is 4.79 Å². The van der Waals surface area contributed by atoms with E-state index in [1.54, 1.807) is 0 Å². The van der Waals surface area contributed by atoms with Crippen molar-refractivity contribution in [1.82, 2.24) is 4.90 Å². The first-order valence-corrected chi connectivity index (χ1v) is 9.87. The summed E-state index contributed by atoms with van der Waals surface area (Å²) in [5, 5.41) is 1.51. The van der Waals surface area contributed by atoms with Gasteiger partial charge in [0.1, 0.15) is 4.88 Å². The zero-order valence-electron chi connectivity index (χ0n) is 15.3. The second-order valence-electron chi connectivity index (χ2n) is 6.69. The summed E-state index contributed by atoms with van der Waals surface area (Å²) < 4.78 is 1.06. The number of benzene rings is 2. The summed E-state index contributed by atoms with van der Waals surface area (Å²) in [4.78, 5) is 17.9. The first-order valence-electron chi connectivity index (χ1n) is 8.67. The Morgan fingerprint density at radius 3 is 2.50 bits per heavy atom. The molecule has 0 aliphatic heterocycles. The smallest absolute Gasteiger partial charge is 0.269 e. The van der Waals surface area contributed by atoms with E-state index in [9.17, 15) is 4.79 Å². The van der Waals surface area contributed by atoms with E-state index in [1.807, 2.05) is 68.4 Å². The fraction of sp³-hybridized carbons (Fsp3) is 0.286. The Bertz CT molecular complexity index is 905. The first kappa shape index (κ1) is 18.9. The molecule has 5 heteroatoms. The van der Waals surface area contributed by atoms with E-state index in [-0.39, 0.29) is 5.91 Å². The van der Waals surface area contributed by atoms with Gasteiger partial charge in [0.25, 0.3) is 5.91 Å². The Morgan fingerprint density at radius 2 is 1.81 bits per heavy atom. The molecule has 136 valence electrons. The van der Waals surface area contributed by atoms with Gasteiger partial charge in [-0.15, -0.1) is 11.3 Å². The van der Waals surface area contributed by atoms with Gasteiger partial charge in [0.05, 0.1) is 5.02 Å². The van der Waals surface area contributed by atoms with Gasteiger partial charge in [-0.3, -0.25) is 4.79 Å². The van der Waals surface area contributed by atoms with Gasteiger partial charge in [-0.2, -0.15) is 0 Å². The second-order valence-corrected chi connectivity index (χ2v) is 8.12. The van der Waals surface area contributed by atoms with Crippen LogP contribution in [0.2, 0.25) is 5.02 Å². The summed E-state index contributed by atoms with van der Waals surface area (Å²) >= 11 is 8.05. The lowest BCUT2D eigenvalue weighted by atomic mass is 10.2. The molecule has 1 heterocycles. The average Bonchev–Trinajstić information content (AvgIpc) is 2.94. The lowest BCUT2D eigenvalue weighted by molar-refractivity contribution is 0.0990. The molecular weight excluding hydrogens is 364 g/mol. The minimum absolute atomic E-state index is 0.0289. The Hall–Kier alpha value is -1.88. The summed E-state index contributed by atoms with van der Waals surface area (Å²) in [7, 11) is 4.08. The third kappa shape index (κ3) is 4.09. The van der Waals surface area contributed by atoms with Gasteiger partial charge in [0.2, 0.25) is 0 Å². The highest BCUT2D eigenvalue weighted by atomic mass is 35.5. The van der Waals surface area contributed by atoms with E-state index >= 15 is 0 Å². The molecule has 0 saturated carbocycles. The highest BCUT2D eigenvalue weighted by molar-refractivity contribution is 7.21. The van der Waals surface area contributed by atoms with Crippen LogP contribution in [0.5, 0.6) is 0 Å². The molecule has 0 radical (unpaired) electrons. The number of aryl methyl sites for hydroxylation is 1. The lowest BCUT2D eigenvalue weighted by Crippen LogP contribution is -2.33. The lowest BCUT2D eigenvalue weighted by Gasteiger charge is -2.23. The number of anilines is 1. The highest BCUT2D eigenvalue weighted by Gasteiger charge is 2.23. The molecule has 1 amide bonds. The van der Waals surface area contributed by atoms with Crippen molar-refractivity contribution >= 4 is 44.6 Å². The van der Waals surface area contributed by atoms with Gasteiger partial charge in [-0.05, 0) is 57.7 Å². The van der Waals surface area contributed by atoms with Gasteiger partial charge in [-0.1, -0.05) is 41.9 Å². The Kier molecular flexibility index (Phi) is 5.97. The number of fused-ring (bicyclic) bond motifs is 1. The molecular formula is C21H23ClN2OS. The number of nitrogens with zero attached hydrogens (tertiary/aromatic N) is 2. The Labute approximate surface area is 163 Å². The molecule has 0 unspecified atom stereocenters. The van der Waals surface area contributed by atoms with Crippen molar-refractivity contribution in [2.45, 2.75) is 13.3 Å². The van der Waals surface area contributed by atoms with Crippen molar-refractivity contribution in [2.75, 3.05) is 32.1 Å². The van der Waals surface area contributed by atoms with Crippen LogP contribution in [0.3, 0.4) is 0 Å². The number of rotatable bonds is 6. The Morgan fingerprint density at radius 1 is 1.08 bits per heavy atom. The summed E-state index contributed by atoms with van der Waals surface area (Å²) in [5.74, 6) is -0.0289. The van der Waals surface area contributed by atoms with E-state index in [0.717, 1.165) is 28.7 Å². The quantitative estimate of drug-likeness (QED) is 0.561. The number of carbonyl (C=O) groups is 1. The number of carbonyl (C=O) groups excluding carboxylic acids is 1. The van der Waals surface area contributed by atoms with Crippen LogP contribution in [-0.2, 0) is 0 Å². The number of hydrogen-bond acceptors (Lipinski definition) is 3. The van der Waals surface area contributed by atoms with Gasteiger partial charge >= 0.3 is 0 Å². The van der Waals surface area contributed by atoms with Crippen LogP contribution >= 0.6 is 22.9 Å². The molecule has 0 atom stereocenters. The van der Waals surface area contributed by atoms with Crippen LogP contribution < -0.4 is 4.90 Å². The maximum Gasteiger partial charge on any atom is 0.269 e. The summed E-state index contributed by atoms with van der Waals surface area (Å²) in [6, 6.07) is 15.9. The monoisotopic (exact) mass is 386 g/mol. The second kappa shape index (κ2) is 8.21. The fourth-order valence-corrected chi connectivity index (χ4v) is 4.49.